The molecule has 0 radical (unpaired) electrons. The molecule has 1 aliphatic rings. The molecule has 0 N–H and O–H groups in total. The van der Waals surface area contributed by atoms with Gasteiger partial charge >= 0.3 is 5.97 Å². The minimum Gasteiger partial charge on any atom is -0.497 e. The van der Waals surface area contributed by atoms with Crippen molar-refractivity contribution in [3.05, 3.63) is 59.2 Å². The second-order valence-corrected chi connectivity index (χ2v) is 5.68. The zero-order valence-corrected chi connectivity index (χ0v) is 15.6. The largest absolute Gasteiger partial charge is 0.497 e. The van der Waals surface area contributed by atoms with Crippen molar-refractivity contribution in [2.45, 2.75) is 0 Å². The van der Waals surface area contributed by atoms with E-state index in [4.69, 9.17) is 23.7 Å². The number of hydrogen-bond donors (Lipinski definition) is 0. The van der Waals surface area contributed by atoms with Gasteiger partial charge in [-0.25, -0.2) is 4.79 Å². The summed E-state index contributed by atoms with van der Waals surface area (Å²) in [5.74, 6) is 2.45. The molecule has 0 fully saturated rings. The number of ether oxygens (including phenoxy) is 5. The van der Waals surface area contributed by atoms with Crippen molar-refractivity contribution in [3.8, 4) is 23.0 Å². The van der Waals surface area contributed by atoms with Crippen molar-refractivity contribution in [1.82, 2.24) is 0 Å². The number of methoxy groups -OCH3 is 4. The summed E-state index contributed by atoms with van der Waals surface area (Å²) in [4.78, 5) is 12.3. The molecule has 0 bridgehead atoms. The Labute approximate surface area is 157 Å². The van der Waals surface area contributed by atoms with Crippen LogP contribution in [0.2, 0.25) is 0 Å². The van der Waals surface area contributed by atoms with Crippen LogP contribution >= 0.6 is 0 Å². The first kappa shape index (κ1) is 18.4. The van der Waals surface area contributed by atoms with E-state index in [2.05, 4.69) is 0 Å². The molecular weight excluding hydrogens is 348 g/mol. The molecule has 6 heteroatoms. The van der Waals surface area contributed by atoms with Crippen LogP contribution in [0.4, 0.5) is 0 Å². The van der Waals surface area contributed by atoms with E-state index in [1.54, 1.807) is 77.0 Å². The number of benzene rings is 2. The fourth-order valence-corrected chi connectivity index (χ4v) is 2.74. The Bertz CT molecular complexity index is 926. The molecule has 2 aromatic carbocycles. The summed E-state index contributed by atoms with van der Waals surface area (Å²) < 4.78 is 26.6. The average molecular weight is 368 g/mol. The SMILES string of the molecule is COc1ccc(OC)c(/C=C2\C=C(c3ccc(OC)c(OC)c3)OC2=O)c1. The van der Waals surface area contributed by atoms with Gasteiger partial charge in [-0.3, -0.25) is 0 Å². The van der Waals surface area contributed by atoms with Crippen LogP contribution in [0.15, 0.2) is 48.0 Å². The third kappa shape index (κ3) is 3.74. The van der Waals surface area contributed by atoms with E-state index in [1.807, 2.05) is 0 Å². The maximum Gasteiger partial charge on any atom is 0.343 e. The highest BCUT2D eigenvalue weighted by Crippen LogP contribution is 2.35. The Morgan fingerprint density at radius 3 is 2.19 bits per heavy atom. The van der Waals surface area contributed by atoms with Crippen LogP contribution in [0.25, 0.3) is 11.8 Å². The summed E-state index contributed by atoms with van der Waals surface area (Å²) in [6, 6.07) is 10.7. The van der Waals surface area contributed by atoms with Crippen molar-refractivity contribution in [2.75, 3.05) is 28.4 Å². The van der Waals surface area contributed by atoms with Gasteiger partial charge in [0.05, 0.1) is 34.0 Å². The molecule has 1 aliphatic heterocycles. The van der Waals surface area contributed by atoms with Crippen LogP contribution < -0.4 is 18.9 Å². The van der Waals surface area contributed by atoms with Crippen molar-refractivity contribution in [2.24, 2.45) is 0 Å². The van der Waals surface area contributed by atoms with E-state index in [1.165, 1.54) is 0 Å². The van der Waals surface area contributed by atoms with Crippen molar-refractivity contribution in [3.63, 3.8) is 0 Å². The molecule has 27 heavy (non-hydrogen) atoms. The minimum absolute atomic E-state index is 0.409. The van der Waals surface area contributed by atoms with Gasteiger partial charge in [0.2, 0.25) is 0 Å². The second kappa shape index (κ2) is 7.86. The zero-order valence-electron chi connectivity index (χ0n) is 15.6. The molecule has 0 aliphatic carbocycles. The predicted molar refractivity (Wildman–Crippen MR) is 101 cm³/mol. The Morgan fingerprint density at radius 1 is 0.815 bits per heavy atom. The molecule has 0 spiro atoms. The molecular formula is C21H20O6. The minimum atomic E-state index is -0.440. The van der Waals surface area contributed by atoms with E-state index in [9.17, 15) is 4.79 Å². The number of carbonyl (C=O) groups excluding carboxylic acids is 1. The van der Waals surface area contributed by atoms with Crippen LogP contribution in [0.1, 0.15) is 11.1 Å². The number of rotatable bonds is 6. The molecule has 0 saturated heterocycles. The van der Waals surface area contributed by atoms with Gasteiger partial charge in [0.1, 0.15) is 17.3 Å². The van der Waals surface area contributed by atoms with Crippen LogP contribution in [-0.2, 0) is 9.53 Å². The molecule has 3 rings (SSSR count). The molecule has 140 valence electrons. The van der Waals surface area contributed by atoms with Gasteiger partial charge in [0, 0.05) is 11.1 Å². The van der Waals surface area contributed by atoms with Crippen LogP contribution in [0, 0.1) is 0 Å². The first-order chi connectivity index (χ1) is 13.1. The van der Waals surface area contributed by atoms with Crippen molar-refractivity contribution < 1.29 is 28.5 Å². The topological polar surface area (TPSA) is 63.2 Å². The number of cyclic esters (lactones) is 1. The molecule has 0 aromatic heterocycles. The lowest BCUT2D eigenvalue weighted by Gasteiger charge is -2.09. The van der Waals surface area contributed by atoms with Gasteiger partial charge in [0.15, 0.2) is 11.5 Å². The quantitative estimate of drug-likeness (QED) is 0.572. The van der Waals surface area contributed by atoms with Crippen LogP contribution in [-0.4, -0.2) is 34.4 Å². The van der Waals surface area contributed by atoms with Gasteiger partial charge in [-0.2, -0.15) is 0 Å². The first-order valence-corrected chi connectivity index (χ1v) is 8.19. The highest BCUT2D eigenvalue weighted by atomic mass is 16.5. The van der Waals surface area contributed by atoms with Crippen LogP contribution in [0.3, 0.4) is 0 Å². The summed E-state index contributed by atoms with van der Waals surface area (Å²) in [5.41, 5.74) is 1.84. The lowest BCUT2D eigenvalue weighted by molar-refractivity contribution is -0.130. The molecule has 0 amide bonds. The molecule has 0 saturated carbocycles. The smallest absolute Gasteiger partial charge is 0.343 e. The van der Waals surface area contributed by atoms with Gasteiger partial charge in [-0.15, -0.1) is 0 Å². The number of hydrogen-bond acceptors (Lipinski definition) is 6. The Kier molecular flexibility index (Phi) is 5.35. The normalized spacial score (nSPS) is 14.6. The maximum absolute atomic E-state index is 12.3. The molecule has 0 unspecified atom stereocenters. The summed E-state index contributed by atoms with van der Waals surface area (Å²) >= 11 is 0. The van der Waals surface area contributed by atoms with Crippen molar-refractivity contribution >= 4 is 17.8 Å². The van der Waals surface area contributed by atoms with E-state index in [0.717, 1.165) is 0 Å². The lowest BCUT2D eigenvalue weighted by atomic mass is 10.1. The van der Waals surface area contributed by atoms with Gasteiger partial charge < -0.3 is 23.7 Å². The molecule has 0 atom stereocenters. The maximum atomic E-state index is 12.3. The number of carbonyl (C=O) groups is 1. The predicted octanol–water partition coefficient (Wildman–Crippen LogP) is 3.70. The second-order valence-electron chi connectivity index (χ2n) is 5.68. The highest BCUT2D eigenvalue weighted by Gasteiger charge is 2.23. The van der Waals surface area contributed by atoms with Gasteiger partial charge in [0.25, 0.3) is 0 Å². The molecule has 6 nitrogen and oxygen atoms in total. The van der Waals surface area contributed by atoms with Gasteiger partial charge in [-0.1, -0.05) is 0 Å². The highest BCUT2D eigenvalue weighted by molar-refractivity contribution is 6.05. The average Bonchev–Trinajstić information content (AvgIpc) is 3.07. The van der Waals surface area contributed by atoms with E-state index < -0.39 is 5.97 Å². The standard InChI is InChI=1S/C21H20O6/c1-23-16-6-8-17(24-2)14(10-16)9-15-12-19(27-21(15)22)13-5-7-18(25-3)20(11-13)26-4/h5-12H,1-4H3/b15-9+. The Morgan fingerprint density at radius 2 is 1.52 bits per heavy atom. The molecule has 1 heterocycles. The lowest BCUT2D eigenvalue weighted by Crippen LogP contribution is -1.98. The zero-order chi connectivity index (χ0) is 19.4. The monoisotopic (exact) mass is 368 g/mol. The van der Waals surface area contributed by atoms with E-state index in [0.29, 0.717) is 45.5 Å². The van der Waals surface area contributed by atoms with Crippen LogP contribution in [0.5, 0.6) is 23.0 Å². The van der Waals surface area contributed by atoms with E-state index in [-0.39, 0.29) is 0 Å². The third-order valence-electron chi connectivity index (χ3n) is 4.14. The summed E-state index contributed by atoms with van der Waals surface area (Å²) in [6.45, 7) is 0. The Hall–Kier alpha value is -3.41. The van der Waals surface area contributed by atoms with E-state index >= 15 is 0 Å². The fraction of sp³-hybridized carbons (Fsp3) is 0.190. The van der Waals surface area contributed by atoms with Gasteiger partial charge in [-0.05, 0) is 48.6 Å². The summed E-state index contributed by atoms with van der Waals surface area (Å²) in [7, 11) is 6.27. The third-order valence-corrected chi connectivity index (χ3v) is 4.14. The first-order valence-electron chi connectivity index (χ1n) is 8.19. The Balaban J connectivity index is 1.98. The van der Waals surface area contributed by atoms with Crippen molar-refractivity contribution in [1.29, 1.82) is 0 Å². The fourth-order valence-electron chi connectivity index (χ4n) is 2.74. The summed E-state index contributed by atoms with van der Waals surface area (Å²) in [5, 5.41) is 0. The number of esters is 1. The summed E-state index contributed by atoms with van der Waals surface area (Å²) in [6.07, 6.45) is 3.39. The molecule has 2 aromatic rings.